The topological polar surface area (TPSA) is 43.4 Å². The molecule has 0 aliphatic heterocycles. The molecule has 0 atom stereocenters. The number of carbonyl (C=O) groups excluding carboxylic acids is 2. The largest absolute Gasteiger partial charge is 0.459 e. The highest BCUT2D eigenvalue weighted by atomic mass is 16.6. The fourth-order valence-corrected chi connectivity index (χ4v) is 1.67. The molecule has 0 saturated heterocycles. The summed E-state index contributed by atoms with van der Waals surface area (Å²) in [5.74, 6) is 0.134. The summed E-state index contributed by atoms with van der Waals surface area (Å²) in [6.45, 7) is 7.70. The van der Waals surface area contributed by atoms with Crippen LogP contribution in [-0.2, 0) is 14.3 Å². The van der Waals surface area contributed by atoms with Gasteiger partial charge in [0.1, 0.15) is 11.4 Å². The first kappa shape index (κ1) is 13.2. The quantitative estimate of drug-likeness (QED) is 0.695. The minimum Gasteiger partial charge on any atom is -0.459 e. The van der Waals surface area contributed by atoms with Gasteiger partial charge in [-0.25, -0.2) is 0 Å². The van der Waals surface area contributed by atoms with Gasteiger partial charge in [-0.05, 0) is 40.0 Å². The van der Waals surface area contributed by atoms with Crippen LogP contribution in [0.5, 0.6) is 0 Å². The van der Waals surface area contributed by atoms with Crippen molar-refractivity contribution in [3.05, 3.63) is 0 Å². The average molecular weight is 226 g/mol. The maximum absolute atomic E-state index is 11.9. The van der Waals surface area contributed by atoms with E-state index in [9.17, 15) is 9.59 Å². The first-order valence-electron chi connectivity index (χ1n) is 6.04. The van der Waals surface area contributed by atoms with Crippen LogP contribution in [0.1, 0.15) is 59.8 Å². The third kappa shape index (κ3) is 3.06. The van der Waals surface area contributed by atoms with Crippen LogP contribution in [0.2, 0.25) is 0 Å². The Morgan fingerprint density at radius 2 is 1.88 bits per heavy atom. The first-order valence-corrected chi connectivity index (χ1v) is 6.04. The van der Waals surface area contributed by atoms with Crippen LogP contribution in [-0.4, -0.2) is 17.4 Å². The Kier molecular flexibility index (Phi) is 3.76. The van der Waals surface area contributed by atoms with Crippen molar-refractivity contribution in [2.75, 3.05) is 0 Å². The third-order valence-electron chi connectivity index (χ3n) is 3.64. The average Bonchev–Trinajstić information content (AvgIpc) is 2.23. The van der Waals surface area contributed by atoms with Gasteiger partial charge in [0, 0.05) is 12.8 Å². The van der Waals surface area contributed by atoms with E-state index in [2.05, 4.69) is 0 Å². The van der Waals surface area contributed by atoms with Gasteiger partial charge < -0.3 is 4.74 Å². The lowest BCUT2D eigenvalue weighted by molar-refractivity contribution is -0.173. The molecule has 0 aromatic rings. The first-order chi connectivity index (χ1) is 7.29. The number of rotatable bonds is 3. The van der Waals surface area contributed by atoms with Crippen LogP contribution in [0, 0.1) is 5.41 Å². The zero-order chi connectivity index (χ0) is 12.4. The summed E-state index contributed by atoms with van der Waals surface area (Å²) in [7, 11) is 0. The molecule has 0 amide bonds. The summed E-state index contributed by atoms with van der Waals surface area (Å²) in [5.41, 5.74) is -0.859. The molecule has 1 fully saturated rings. The molecule has 0 bridgehead atoms. The Labute approximate surface area is 97.5 Å². The number of ether oxygens (including phenoxy) is 1. The summed E-state index contributed by atoms with van der Waals surface area (Å²) >= 11 is 0. The van der Waals surface area contributed by atoms with Crippen LogP contribution in [0.25, 0.3) is 0 Å². The molecule has 0 aromatic carbocycles. The van der Waals surface area contributed by atoms with Crippen LogP contribution < -0.4 is 0 Å². The van der Waals surface area contributed by atoms with Gasteiger partial charge in [-0.2, -0.15) is 0 Å². The Balaban J connectivity index is 2.60. The molecule has 0 unspecified atom stereocenters. The smallest absolute Gasteiger partial charge is 0.312 e. The number of ketones is 1. The summed E-state index contributed by atoms with van der Waals surface area (Å²) < 4.78 is 5.59. The molecule has 0 spiro atoms. The molecule has 3 nitrogen and oxygen atoms in total. The molecule has 0 aromatic heterocycles. The molecular weight excluding hydrogens is 204 g/mol. The van der Waals surface area contributed by atoms with Crippen LogP contribution in [0.15, 0.2) is 0 Å². The molecule has 16 heavy (non-hydrogen) atoms. The van der Waals surface area contributed by atoms with E-state index in [0.29, 0.717) is 25.7 Å². The molecule has 0 radical (unpaired) electrons. The highest BCUT2D eigenvalue weighted by Crippen LogP contribution is 2.33. The SMILES string of the molecule is CCC(C)(C)C(=O)OC1(C)CCC(=O)CC1. The van der Waals surface area contributed by atoms with Gasteiger partial charge in [0.15, 0.2) is 0 Å². The maximum Gasteiger partial charge on any atom is 0.312 e. The fraction of sp³-hybridized carbons (Fsp3) is 0.846. The summed E-state index contributed by atoms with van der Waals surface area (Å²) in [5, 5.41) is 0. The predicted molar refractivity (Wildman–Crippen MR) is 62.0 cm³/mol. The van der Waals surface area contributed by atoms with Gasteiger partial charge in [-0.15, -0.1) is 0 Å². The Bertz CT molecular complexity index is 282. The third-order valence-corrected chi connectivity index (χ3v) is 3.64. The number of carbonyl (C=O) groups is 2. The van der Waals surface area contributed by atoms with E-state index in [0.717, 1.165) is 6.42 Å². The lowest BCUT2D eigenvalue weighted by atomic mass is 9.84. The Morgan fingerprint density at radius 3 is 2.31 bits per heavy atom. The van der Waals surface area contributed by atoms with Gasteiger partial charge in [0.25, 0.3) is 0 Å². The summed E-state index contributed by atoms with van der Waals surface area (Å²) in [6, 6.07) is 0. The molecule has 0 N–H and O–H groups in total. The standard InChI is InChI=1S/C13H22O3/c1-5-12(2,3)11(15)16-13(4)8-6-10(14)7-9-13/h5-9H2,1-4H3. The van der Waals surface area contributed by atoms with Gasteiger partial charge in [-0.1, -0.05) is 6.92 Å². The van der Waals surface area contributed by atoms with Gasteiger partial charge in [0.2, 0.25) is 0 Å². The number of Topliss-reactive ketones (excluding diaryl/α,β-unsaturated/α-hetero) is 1. The minimum absolute atomic E-state index is 0.146. The van der Waals surface area contributed by atoms with E-state index < -0.39 is 11.0 Å². The Hall–Kier alpha value is -0.860. The molecular formula is C13H22O3. The van der Waals surface area contributed by atoms with E-state index in [1.807, 2.05) is 27.7 Å². The van der Waals surface area contributed by atoms with E-state index in [1.54, 1.807) is 0 Å². The molecule has 92 valence electrons. The zero-order valence-electron chi connectivity index (χ0n) is 10.8. The van der Waals surface area contributed by atoms with Crippen LogP contribution >= 0.6 is 0 Å². The molecule has 1 aliphatic carbocycles. The van der Waals surface area contributed by atoms with Gasteiger partial charge in [-0.3, -0.25) is 9.59 Å². The summed E-state index contributed by atoms with van der Waals surface area (Å²) in [6.07, 6.45) is 3.17. The van der Waals surface area contributed by atoms with Gasteiger partial charge >= 0.3 is 5.97 Å². The second kappa shape index (κ2) is 4.56. The van der Waals surface area contributed by atoms with E-state index in [-0.39, 0.29) is 11.8 Å². The molecule has 0 heterocycles. The maximum atomic E-state index is 11.9. The van der Waals surface area contributed by atoms with Crippen molar-refractivity contribution in [3.63, 3.8) is 0 Å². The summed E-state index contributed by atoms with van der Waals surface area (Å²) in [4.78, 5) is 23.1. The van der Waals surface area contributed by atoms with Crippen LogP contribution in [0.3, 0.4) is 0 Å². The Morgan fingerprint density at radius 1 is 1.38 bits per heavy atom. The van der Waals surface area contributed by atoms with E-state index in [4.69, 9.17) is 4.74 Å². The van der Waals surface area contributed by atoms with E-state index >= 15 is 0 Å². The van der Waals surface area contributed by atoms with Crippen LogP contribution in [0.4, 0.5) is 0 Å². The molecule has 1 rings (SSSR count). The van der Waals surface area contributed by atoms with Crippen molar-refractivity contribution in [3.8, 4) is 0 Å². The lowest BCUT2D eigenvalue weighted by Crippen LogP contribution is -2.40. The van der Waals surface area contributed by atoms with Crippen molar-refractivity contribution in [2.24, 2.45) is 5.41 Å². The van der Waals surface area contributed by atoms with Crippen molar-refractivity contribution in [2.45, 2.75) is 65.4 Å². The van der Waals surface area contributed by atoms with Gasteiger partial charge in [0.05, 0.1) is 5.41 Å². The molecule has 1 aliphatic rings. The van der Waals surface area contributed by atoms with Crippen molar-refractivity contribution in [1.29, 1.82) is 0 Å². The molecule has 3 heteroatoms. The monoisotopic (exact) mass is 226 g/mol. The van der Waals surface area contributed by atoms with Crippen molar-refractivity contribution in [1.82, 2.24) is 0 Å². The number of esters is 1. The number of hydrogen-bond donors (Lipinski definition) is 0. The minimum atomic E-state index is -0.433. The normalized spacial score (nSPS) is 20.6. The zero-order valence-corrected chi connectivity index (χ0v) is 10.8. The highest BCUT2D eigenvalue weighted by Gasteiger charge is 2.37. The lowest BCUT2D eigenvalue weighted by Gasteiger charge is -2.35. The van der Waals surface area contributed by atoms with Crippen molar-refractivity contribution >= 4 is 11.8 Å². The predicted octanol–water partition coefficient (Wildman–Crippen LogP) is 2.87. The molecule has 1 saturated carbocycles. The van der Waals surface area contributed by atoms with E-state index in [1.165, 1.54) is 0 Å². The highest BCUT2D eigenvalue weighted by molar-refractivity contribution is 5.80. The van der Waals surface area contributed by atoms with Crippen molar-refractivity contribution < 1.29 is 14.3 Å². The second-order valence-corrected chi connectivity index (χ2v) is 5.62. The number of hydrogen-bond acceptors (Lipinski definition) is 3. The fourth-order valence-electron chi connectivity index (χ4n) is 1.67. The second-order valence-electron chi connectivity index (χ2n) is 5.62.